The van der Waals surface area contributed by atoms with Gasteiger partial charge in [-0.25, -0.2) is 8.78 Å². The number of rotatable bonds is 5. The minimum absolute atomic E-state index is 0.302. The third kappa shape index (κ3) is 2.40. The Hall–Kier alpha value is -1.36. The summed E-state index contributed by atoms with van der Waals surface area (Å²) >= 11 is 0. The second-order valence-corrected chi connectivity index (χ2v) is 7.14. The predicted octanol–water partition coefficient (Wildman–Crippen LogP) is 4.01. The van der Waals surface area contributed by atoms with E-state index < -0.39 is 13.0 Å². The Morgan fingerprint density at radius 2 is 2.22 bits per heavy atom. The summed E-state index contributed by atoms with van der Waals surface area (Å²) < 4.78 is 35.9. The monoisotopic (exact) mass is 323 g/mol. The van der Waals surface area contributed by atoms with Gasteiger partial charge < -0.3 is 14.8 Å². The maximum absolute atomic E-state index is 12.4. The van der Waals surface area contributed by atoms with Crippen molar-refractivity contribution in [2.45, 2.75) is 51.2 Å². The van der Waals surface area contributed by atoms with Crippen LogP contribution in [0.15, 0.2) is 18.2 Å². The molecule has 1 aromatic rings. The van der Waals surface area contributed by atoms with E-state index in [9.17, 15) is 8.78 Å². The summed E-state index contributed by atoms with van der Waals surface area (Å²) in [5.41, 5.74) is 2.14. The van der Waals surface area contributed by atoms with Crippen LogP contribution in [0.4, 0.5) is 14.5 Å². The van der Waals surface area contributed by atoms with Gasteiger partial charge >= 0.3 is 0 Å². The third-order valence-corrected chi connectivity index (χ3v) is 5.91. The minimum atomic E-state index is -2.45. The molecule has 0 bridgehead atoms. The zero-order valence-corrected chi connectivity index (χ0v) is 13.4. The van der Waals surface area contributed by atoms with Gasteiger partial charge in [-0.15, -0.1) is 0 Å². The molecule has 1 saturated heterocycles. The standard InChI is InChI=1S/C18H23F2NO2/c1-11-3-4-12(9-14(11)23-10-15(19)20)21-16-13-5-8-22-17(13)18(16)6-2-7-18/h3-4,9,13,15-17,21H,2,5-8,10H2,1H3/t13-,16-,17-/m1/s1. The maximum Gasteiger partial charge on any atom is 0.272 e. The van der Waals surface area contributed by atoms with Crippen LogP contribution in [0.2, 0.25) is 0 Å². The molecule has 2 saturated carbocycles. The van der Waals surface area contributed by atoms with Crippen LogP contribution in [0.25, 0.3) is 0 Å². The van der Waals surface area contributed by atoms with E-state index in [1.165, 1.54) is 19.3 Å². The van der Waals surface area contributed by atoms with Gasteiger partial charge in [-0.3, -0.25) is 0 Å². The van der Waals surface area contributed by atoms with Crippen LogP contribution in [0.3, 0.4) is 0 Å². The lowest BCUT2D eigenvalue weighted by Gasteiger charge is -2.63. The lowest BCUT2D eigenvalue weighted by molar-refractivity contribution is -0.158. The number of benzene rings is 1. The first-order valence-electron chi connectivity index (χ1n) is 8.50. The Balaban J connectivity index is 1.49. The Morgan fingerprint density at radius 3 is 2.91 bits per heavy atom. The average molecular weight is 323 g/mol. The predicted molar refractivity (Wildman–Crippen MR) is 84.2 cm³/mol. The van der Waals surface area contributed by atoms with Crippen LogP contribution in [0, 0.1) is 18.3 Å². The van der Waals surface area contributed by atoms with Crippen molar-refractivity contribution in [2.24, 2.45) is 11.3 Å². The van der Waals surface area contributed by atoms with E-state index in [1.54, 1.807) is 0 Å². The van der Waals surface area contributed by atoms with Crippen LogP contribution in [-0.2, 0) is 4.74 Å². The zero-order valence-electron chi connectivity index (χ0n) is 13.4. The number of nitrogens with one attached hydrogen (secondary N) is 1. The maximum atomic E-state index is 12.4. The van der Waals surface area contributed by atoms with Crippen molar-refractivity contribution < 1.29 is 18.3 Å². The summed E-state index contributed by atoms with van der Waals surface area (Å²) in [4.78, 5) is 0. The van der Waals surface area contributed by atoms with Gasteiger partial charge in [0, 0.05) is 35.7 Å². The normalized spacial score (nSPS) is 30.7. The third-order valence-electron chi connectivity index (χ3n) is 5.91. The van der Waals surface area contributed by atoms with Gasteiger partial charge in [0.1, 0.15) is 12.4 Å². The topological polar surface area (TPSA) is 30.5 Å². The molecule has 0 unspecified atom stereocenters. The molecule has 0 amide bonds. The number of anilines is 1. The molecule has 23 heavy (non-hydrogen) atoms. The molecule has 2 aliphatic carbocycles. The fourth-order valence-electron chi connectivity index (χ4n) is 4.63. The van der Waals surface area contributed by atoms with Crippen molar-refractivity contribution in [1.29, 1.82) is 0 Å². The van der Waals surface area contributed by atoms with Crippen molar-refractivity contribution in [3.63, 3.8) is 0 Å². The summed E-state index contributed by atoms with van der Waals surface area (Å²) in [6.45, 7) is 2.18. The highest BCUT2D eigenvalue weighted by molar-refractivity contribution is 5.53. The fraction of sp³-hybridized carbons (Fsp3) is 0.667. The van der Waals surface area contributed by atoms with Crippen molar-refractivity contribution in [1.82, 2.24) is 0 Å². The highest BCUT2D eigenvalue weighted by Crippen LogP contribution is 2.63. The minimum Gasteiger partial charge on any atom is -0.487 e. The average Bonchev–Trinajstić information content (AvgIpc) is 2.88. The van der Waals surface area contributed by atoms with Gasteiger partial charge in [0.2, 0.25) is 0 Å². The Bertz CT molecular complexity index is 588. The largest absolute Gasteiger partial charge is 0.487 e. The molecule has 1 spiro atoms. The van der Waals surface area contributed by atoms with Gasteiger partial charge in [0.15, 0.2) is 0 Å². The molecule has 4 rings (SSSR count). The van der Waals surface area contributed by atoms with E-state index in [1.807, 2.05) is 25.1 Å². The molecule has 3 aliphatic rings. The van der Waals surface area contributed by atoms with Crippen molar-refractivity contribution in [3.05, 3.63) is 23.8 Å². The molecule has 5 heteroatoms. The number of halogens is 2. The van der Waals surface area contributed by atoms with E-state index in [0.717, 1.165) is 24.3 Å². The van der Waals surface area contributed by atoms with Crippen molar-refractivity contribution >= 4 is 5.69 Å². The lowest BCUT2D eigenvalue weighted by Crippen LogP contribution is -2.68. The summed E-state index contributed by atoms with van der Waals surface area (Å²) in [7, 11) is 0. The summed E-state index contributed by atoms with van der Waals surface area (Å²) in [6, 6.07) is 6.24. The number of aryl methyl sites for hydroxylation is 1. The second-order valence-electron chi connectivity index (χ2n) is 7.14. The second kappa shape index (κ2) is 5.62. The van der Waals surface area contributed by atoms with Crippen LogP contribution >= 0.6 is 0 Å². The smallest absolute Gasteiger partial charge is 0.272 e. The molecule has 0 radical (unpaired) electrons. The summed E-state index contributed by atoms with van der Waals surface area (Å²) in [5, 5.41) is 3.65. The van der Waals surface area contributed by atoms with Crippen molar-refractivity contribution in [2.75, 3.05) is 18.5 Å². The lowest BCUT2D eigenvalue weighted by atomic mass is 9.46. The molecule has 0 aromatic heterocycles. The highest BCUT2D eigenvalue weighted by atomic mass is 19.3. The molecule has 1 aromatic carbocycles. The van der Waals surface area contributed by atoms with Gasteiger partial charge in [-0.05, 0) is 37.8 Å². The number of alkyl halides is 2. The van der Waals surface area contributed by atoms with Crippen LogP contribution < -0.4 is 10.1 Å². The first-order chi connectivity index (χ1) is 11.1. The van der Waals surface area contributed by atoms with E-state index in [-0.39, 0.29) is 0 Å². The van der Waals surface area contributed by atoms with Gasteiger partial charge in [-0.2, -0.15) is 0 Å². The molecule has 126 valence electrons. The molecule has 1 heterocycles. The zero-order chi connectivity index (χ0) is 16.0. The first-order valence-corrected chi connectivity index (χ1v) is 8.50. The summed E-state index contributed by atoms with van der Waals surface area (Å²) in [6.07, 6.45) is 2.83. The first kappa shape index (κ1) is 15.2. The Labute approximate surface area is 135 Å². The van der Waals surface area contributed by atoms with Gasteiger partial charge in [0.25, 0.3) is 6.43 Å². The van der Waals surface area contributed by atoms with Crippen LogP contribution in [-0.4, -0.2) is 31.8 Å². The number of hydrogen-bond donors (Lipinski definition) is 1. The summed E-state index contributed by atoms with van der Waals surface area (Å²) in [5.74, 6) is 1.12. The van der Waals surface area contributed by atoms with Crippen LogP contribution in [0.1, 0.15) is 31.2 Å². The molecule has 1 N–H and O–H groups in total. The number of hydrogen-bond acceptors (Lipinski definition) is 3. The SMILES string of the molecule is Cc1ccc(N[C@@H]2[C@H]3CCO[C@H]3C23CCC3)cc1OCC(F)F. The quantitative estimate of drug-likeness (QED) is 0.888. The molecule has 3 fully saturated rings. The number of fused-ring (bicyclic) bond motifs is 2. The molecule has 3 nitrogen and oxygen atoms in total. The highest BCUT2D eigenvalue weighted by Gasteiger charge is 2.66. The van der Waals surface area contributed by atoms with E-state index in [4.69, 9.17) is 9.47 Å². The van der Waals surface area contributed by atoms with Gasteiger partial charge in [0.05, 0.1) is 6.10 Å². The molecule has 3 atom stereocenters. The van der Waals surface area contributed by atoms with Gasteiger partial charge in [-0.1, -0.05) is 12.5 Å². The Morgan fingerprint density at radius 1 is 1.39 bits per heavy atom. The van der Waals surface area contributed by atoms with E-state index in [0.29, 0.717) is 29.2 Å². The van der Waals surface area contributed by atoms with E-state index in [2.05, 4.69) is 5.32 Å². The fourth-order valence-corrected chi connectivity index (χ4v) is 4.63. The molecular weight excluding hydrogens is 300 g/mol. The van der Waals surface area contributed by atoms with Crippen molar-refractivity contribution in [3.8, 4) is 5.75 Å². The number of ether oxygens (including phenoxy) is 2. The van der Waals surface area contributed by atoms with Crippen LogP contribution in [0.5, 0.6) is 5.75 Å². The molecular formula is C18H23F2NO2. The molecule has 1 aliphatic heterocycles. The Kier molecular flexibility index (Phi) is 3.71. The van der Waals surface area contributed by atoms with E-state index >= 15 is 0 Å².